The molecule has 6 heteroatoms. The van der Waals surface area contributed by atoms with Gasteiger partial charge in [0.1, 0.15) is 0 Å². The fourth-order valence-corrected chi connectivity index (χ4v) is 4.29. The summed E-state index contributed by atoms with van der Waals surface area (Å²) >= 11 is 0. The number of nitrogens with zero attached hydrogens (tertiary/aromatic N) is 1. The Labute approximate surface area is 118 Å². The maximum atomic E-state index is 12.6. The molecule has 5 nitrogen and oxygen atoms in total. The second-order valence-electron chi connectivity index (χ2n) is 5.46. The van der Waals surface area contributed by atoms with Gasteiger partial charge in [-0.15, -0.1) is 0 Å². The van der Waals surface area contributed by atoms with Crippen LogP contribution in [0.2, 0.25) is 0 Å². The number of aryl methyl sites for hydroxylation is 1. The molecule has 0 saturated carbocycles. The van der Waals surface area contributed by atoms with Crippen LogP contribution in [0.5, 0.6) is 0 Å². The number of carbonyl (C=O) groups excluding carboxylic acids is 1. The van der Waals surface area contributed by atoms with Gasteiger partial charge < -0.3 is 4.74 Å². The molecule has 0 aliphatic carbocycles. The van der Waals surface area contributed by atoms with Crippen molar-refractivity contribution in [1.82, 2.24) is 4.31 Å². The summed E-state index contributed by atoms with van der Waals surface area (Å²) in [5, 5.41) is 0. The molecule has 2 aliphatic heterocycles. The molecule has 0 bridgehead atoms. The first-order valence-corrected chi connectivity index (χ1v) is 8.16. The van der Waals surface area contributed by atoms with E-state index in [0.29, 0.717) is 19.6 Å². The van der Waals surface area contributed by atoms with Crippen molar-refractivity contribution < 1.29 is 17.9 Å². The number of piperidine rings is 1. The van der Waals surface area contributed by atoms with Gasteiger partial charge in [-0.25, -0.2) is 8.42 Å². The lowest BCUT2D eigenvalue weighted by Crippen LogP contribution is -2.44. The van der Waals surface area contributed by atoms with Crippen molar-refractivity contribution in [1.29, 1.82) is 0 Å². The van der Waals surface area contributed by atoms with Crippen molar-refractivity contribution >= 4 is 16.0 Å². The van der Waals surface area contributed by atoms with Crippen molar-refractivity contribution in [2.24, 2.45) is 11.8 Å². The van der Waals surface area contributed by atoms with Crippen LogP contribution < -0.4 is 0 Å². The van der Waals surface area contributed by atoms with Crippen molar-refractivity contribution in [3.05, 3.63) is 29.8 Å². The van der Waals surface area contributed by atoms with E-state index in [-0.39, 0.29) is 29.2 Å². The van der Waals surface area contributed by atoms with E-state index in [1.54, 1.807) is 24.3 Å². The van der Waals surface area contributed by atoms with E-state index in [2.05, 4.69) is 0 Å². The average molecular weight is 295 g/mol. The molecule has 3 rings (SSSR count). The monoisotopic (exact) mass is 295 g/mol. The van der Waals surface area contributed by atoms with E-state index in [1.807, 2.05) is 6.92 Å². The van der Waals surface area contributed by atoms with Crippen molar-refractivity contribution in [2.45, 2.75) is 18.2 Å². The summed E-state index contributed by atoms with van der Waals surface area (Å²) in [6, 6.07) is 6.79. The summed E-state index contributed by atoms with van der Waals surface area (Å²) in [5.41, 5.74) is 1.02. The van der Waals surface area contributed by atoms with Crippen molar-refractivity contribution in [3.8, 4) is 0 Å². The lowest BCUT2D eigenvalue weighted by molar-refractivity contribution is -0.141. The van der Waals surface area contributed by atoms with Crippen LogP contribution in [0.25, 0.3) is 0 Å². The fraction of sp³-hybridized carbons (Fsp3) is 0.500. The zero-order valence-electron chi connectivity index (χ0n) is 11.3. The summed E-state index contributed by atoms with van der Waals surface area (Å²) in [6.45, 7) is 3.03. The zero-order chi connectivity index (χ0) is 14.3. The van der Waals surface area contributed by atoms with Crippen LogP contribution >= 0.6 is 0 Å². The standard InChI is InChI=1S/C14H17NO4S/c1-10-2-4-12(5-3-10)20(17,18)15-7-6-11-9-19-14(16)13(11)8-15/h2-5,11,13H,6-9H2,1H3/t11-,13-/m0/s1. The Morgan fingerprint density at radius 3 is 2.65 bits per heavy atom. The highest BCUT2D eigenvalue weighted by molar-refractivity contribution is 7.89. The van der Waals surface area contributed by atoms with E-state index < -0.39 is 10.0 Å². The summed E-state index contributed by atoms with van der Waals surface area (Å²) < 4.78 is 31.6. The lowest BCUT2D eigenvalue weighted by atomic mass is 9.89. The molecule has 2 heterocycles. The second-order valence-corrected chi connectivity index (χ2v) is 7.40. The Hall–Kier alpha value is -1.40. The van der Waals surface area contributed by atoms with Crippen LogP contribution in [0.1, 0.15) is 12.0 Å². The number of cyclic esters (lactones) is 1. The minimum atomic E-state index is -3.52. The van der Waals surface area contributed by atoms with Gasteiger partial charge in [-0.3, -0.25) is 4.79 Å². The Kier molecular flexibility index (Phi) is 3.30. The molecule has 2 fully saturated rings. The minimum Gasteiger partial charge on any atom is -0.465 e. The Bertz CT molecular complexity index is 623. The zero-order valence-corrected chi connectivity index (χ0v) is 12.1. The average Bonchev–Trinajstić information content (AvgIpc) is 2.80. The van der Waals surface area contributed by atoms with Gasteiger partial charge in [-0.1, -0.05) is 17.7 Å². The molecule has 0 N–H and O–H groups in total. The molecule has 0 spiro atoms. The first-order chi connectivity index (χ1) is 9.48. The second kappa shape index (κ2) is 4.86. The predicted molar refractivity (Wildman–Crippen MR) is 72.5 cm³/mol. The van der Waals surface area contributed by atoms with Gasteiger partial charge in [0.15, 0.2) is 0 Å². The highest BCUT2D eigenvalue weighted by Gasteiger charge is 2.44. The van der Waals surface area contributed by atoms with Gasteiger partial charge in [0.25, 0.3) is 0 Å². The molecule has 1 aromatic rings. The van der Waals surface area contributed by atoms with Crippen LogP contribution in [-0.4, -0.2) is 38.4 Å². The smallest absolute Gasteiger partial charge is 0.310 e. The first-order valence-electron chi connectivity index (χ1n) is 6.72. The molecule has 108 valence electrons. The molecule has 0 aromatic heterocycles. The molecule has 0 unspecified atom stereocenters. The highest BCUT2D eigenvalue weighted by Crippen LogP contribution is 2.32. The Morgan fingerprint density at radius 2 is 1.95 bits per heavy atom. The number of rotatable bonds is 2. The molecule has 0 radical (unpaired) electrons. The maximum Gasteiger partial charge on any atom is 0.310 e. The SMILES string of the molecule is Cc1ccc(S(=O)(=O)N2CC[C@H]3COC(=O)[C@H]3C2)cc1. The quantitative estimate of drug-likeness (QED) is 0.769. The molecule has 2 aliphatic rings. The van der Waals surface area contributed by atoms with Gasteiger partial charge in [-0.05, 0) is 25.5 Å². The molecular weight excluding hydrogens is 278 g/mol. The van der Waals surface area contributed by atoms with E-state index in [0.717, 1.165) is 5.56 Å². The van der Waals surface area contributed by atoms with Crippen LogP contribution in [0.4, 0.5) is 0 Å². The topological polar surface area (TPSA) is 63.7 Å². The van der Waals surface area contributed by atoms with Gasteiger partial charge in [-0.2, -0.15) is 4.31 Å². The van der Waals surface area contributed by atoms with E-state index in [9.17, 15) is 13.2 Å². The number of ether oxygens (including phenoxy) is 1. The first kappa shape index (κ1) is 13.6. The third-order valence-corrected chi connectivity index (χ3v) is 6.00. The summed E-state index contributed by atoms with van der Waals surface area (Å²) in [6.07, 6.45) is 0.682. The van der Waals surface area contributed by atoms with Crippen LogP contribution in [0, 0.1) is 18.8 Å². The third kappa shape index (κ3) is 2.23. The van der Waals surface area contributed by atoms with Gasteiger partial charge in [0, 0.05) is 19.0 Å². The number of fused-ring (bicyclic) bond motifs is 1. The number of hydrogen-bond acceptors (Lipinski definition) is 4. The van der Waals surface area contributed by atoms with Crippen LogP contribution in [0.3, 0.4) is 0 Å². The predicted octanol–water partition coefficient (Wildman–Crippen LogP) is 1.18. The molecule has 2 atom stereocenters. The molecule has 20 heavy (non-hydrogen) atoms. The summed E-state index contributed by atoms with van der Waals surface area (Å²) in [4.78, 5) is 11.9. The maximum absolute atomic E-state index is 12.6. The molecule has 2 saturated heterocycles. The van der Waals surface area contributed by atoms with Crippen LogP contribution in [0.15, 0.2) is 29.2 Å². The molecule has 0 amide bonds. The summed E-state index contributed by atoms with van der Waals surface area (Å²) in [5.74, 6) is -0.394. The van der Waals surface area contributed by atoms with Gasteiger partial charge in [0.2, 0.25) is 10.0 Å². The Morgan fingerprint density at radius 1 is 1.25 bits per heavy atom. The van der Waals surface area contributed by atoms with Gasteiger partial charge >= 0.3 is 5.97 Å². The molecule has 1 aromatic carbocycles. The number of benzene rings is 1. The normalized spacial score (nSPS) is 27.1. The van der Waals surface area contributed by atoms with Gasteiger partial charge in [0.05, 0.1) is 17.4 Å². The number of esters is 1. The van der Waals surface area contributed by atoms with Crippen molar-refractivity contribution in [3.63, 3.8) is 0 Å². The van der Waals surface area contributed by atoms with Crippen LogP contribution in [-0.2, 0) is 19.6 Å². The molecular formula is C14H17NO4S. The lowest BCUT2D eigenvalue weighted by Gasteiger charge is -2.31. The fourth-order valence-electron chi connectivity index (χ4n) is 2.81. The number of carbonyl (C=O) groups is 1. The Balaban J connectivity index is 1.85. The third-order valence-electron chi connectivity index (χ3n) is 4.12. The number of sulfonamides is 1. The number of hydrogen-bond donors (Lipinski definition) is 0. The minimum absolute atomic E-state index is 0.173. The summed E-state index contributed by atoms with van der Waals surface area (Å²) in [7, 11) is -3.52. The largest absolute Gasteiger partial charge is 0.465 e. The van der Waals surface area contributed by atoms with E-state index in [4.69, 9.17) is 4.74 Å². The van der Waals surface area contributed by atoms with E-state index in [1.165, 1.54) is 4.31 Å². The van der Waals surface area contributed by atoms with Crippen molar-refractivity contribution in [2.75, 3.05) is 19.7 Å². The highest BCUT2D eigenvalue weighted by atomic mass is 32.2. The van der Waals surface area contributed by atoms with E-state index >= 15 is 0 Å².